The molecule has 0 unspecified atom stereocenters. The third kappa shape index (κ3) is 11.4. The summed E-state index contributed by atoms with van der Waals surface area (Å²) in [6, 6.07) is 0. The Balaban J connectivity index is 5.45. The topological polar surface area (TPSA) is 142 Å². The molecule has 29 heavy (non-hydrogen) atoms. The zero-order valence-electron chi connectivity index (χ0n) is 15.4. The summed E-state index contributed by atoms with van der Waals surface area (Å²) in [7, 11) is 0. The van der Waals surface area contributed by atoms with Gasteiger partial charge in [-0.2, -0.15) is 0 Å². The van der Waals surface area contributed by atoms with Gasteiger partial charge in [0.05, 0.1) is 25.0 Å². The molecule has 12 heteroatoms. The van der Waals surface area contributed by atoms with Gasteiger partial charge >= 0.3 is 24.6 Å². The van der Waals surface area contributed by atoms with E-state index in [0.717, 1.165) is 25.0 Å². The van der Waals surface area contributed by atoms with Gasteiger partial charge in [-0.1, -0.05) is 26.3 Å². The minimum Gasteiger partial charge on any atom is -0.433 e. The molecule has 0 atom stereocenters. The molecule has 0 aliphatic heterocycles. The lowest BCUT2D eigenvalue weighted by atomic mass is 9.92. The van der Waals surface area contributed by atoms with E-state index in [1.54, 1.807) is 0 Å². The third-order valence-electron chi connectivity index (χ3n) is 2.70. The van der Waals surface area contributed by atoms with Gasteiger partial charge < -0.3 is 37.9 Å². The maximum Gasteiger partial charge on any atom is 0.513 e. The maximum absolute atomic E-state index is 11.5. The van der Waals surface area contributed by atoms with E-state index < -0.39 is 56.5 Å². The number of ether oxygens (including phenoxy) is 8. The third-order valence-corrected chi connectivity index (χ3v) is 2.70. The quantitative estimate of drug-likeness (QED) is 0.262. The van der Waals surface area contributed by atoms with E-state index in [1.807, 2.05) is 0 Å². The van der Waals surface area contributed by atoms with E-state index in [-0.39, 0.29) is 0 Å². The molecule has 0 amide bonds. The van der Waals surface area contributed by atoms with Crippen LogP contribution in [0.15, 0.2) is 51.4 Å². The minimum atomic E-state index is -1.61. The second kappa shape index (κ2) is 14.1. The van der Waals surface area contributed by atoms with Crippen LogP contribution >= 0.6 is 0 Å². The first kappa shape index (κ1) is 25.0. The molecule has 0 aromatic heterocycles. The van der Waals surface area contributed by atoms with Crippen LogP contribution in [0.2, 0.25) is 0 Å². The smallest absolute Gasteiger partial charge is 0.433 e. The van der Waals surface area contributed by atoms with Crippen LogP contribution in [0.5, 0.6) is 0 Å². The molecule has 0 N–H and O–H groups in total. The number of carbonyl (C=O) groups is 4. The van der Waals surface area contributed by atoms with E-state index >= 15 is 0 Å². The molecule has 0 saturated carbocycles. The highest BCUT2D eigenvalue weighted by atomic mass is 16.7. The lowest BCUT2D eigenvalue weighted by molar-refractivity contribution is -0.0730. The zero-order valence-corrected chi connectivity index (χ0v) is 15.4. The molecule has 0 bridgehead atoms. The highest BCUT2D eigenvalue weighted by molar-refractivity contribution is 5.62. The minimum absolute atomic E-state index is 0.607. The van der Waals surface area contributed by atoms with Crippen LogP contribution in [0.4, 0.5) is 19.2 Å². The Morgan fingerprint density at radius 2 is 0.724 bits per heavy atom. The van der Waals surface area contributed by atoms with Crippen molar-refractivity contribution >= 4 is 24.6 Å². The van der Waals surface area contributed by atoms with Crippen LogP contribution in [-0.4, -0.2) is 51.0 Å². The van der Waals surface area contributed by atoms with E-state index in [2.05, 4.69) is 45.3 Å². The van der Waals surface area contributed by atoms with E-state index in [9.17, 15) is 19.2 Å². The molecular weight excluding hydrogens is 396 g/mol. The molecule has 0 aromatic carbocycles. The standard InChI is InChI=1S/C17H20O12/c1-5-22-13(18)26-9-17(10-27-14(19)23-6-2,11-28-15(20)24-7-3)12-29-16(21)25-8-4/h5-8H,1-4,9-12H2. The van der Waals surface area contributed by atoms with Crippen molar-refractivity contribution in [1.29, 1.82) is 0 Å². The van der Waals surface area contributed by atoms with Crippen LogP contribution in [0, 0.1) is 5.41 Å². The molecule has 0 spiro atoms. The largest absolute Gasteiger partial charge is 0.513 e. The van der Waals surface area contributed by atoms with Gasteiger partial charge in [0.1, 0.15) is 31.8 Å². The normalized spacial score (nSPS) is 9.66. The first-order chi connectivity index (χ1) is 13.8. The van der Waals surface area contributed by atoms with Crippen LogP contribution in [0.3, 0.4) is 0 Å². The Kier molecular flexibility index (Phi) is 12.2. The molecule has 0 rings (SSSR count). The Morgan fingerprint density at radius 1 is 0.517 bits per heavy atom. The van der Waals surface area contributed by atoms with Gasteiger partial charge in [0, 0.05) is 0 Å². The molecule has 0 aromatic rings. The number of hydrogen-bond donors (Lipinski definition) is 0. The van der Waals surface area contributed by atoms with Gasteiger partial charge in [0.15, 0.2) is 0 Å². The first-order valence-corrected chi connectivity index (χ1v) is 7.59. The molecule has 0 aliphatic rings. The summed E-state index contributed by atoms with van der Waals surface area (Å²) in [5, 5.41) is 0. The Labute approximate surface area is 165 Å². The SMILES string of the molecule is C=COC(=O)OCC(COC(=O)OC=C)(COC(=O)OC=C)COC(=O)OC=C. The summed E-state index contributed by atoms with van der Waals surface area (Å²) in [6.07, 6.45) is -1.51. The van der Waals surface area contributed by atoms with Crippen LogP contribution < -0.4 is 0 Å². The Morgan fingerprint density at radius 3 is 0.897 bits per heavy atom. The van der Waals surface area contributed by atoms with Gasteiger partial charge in [0.2, 0.25) is 0 Å². The molecule has 160 valence electrons. The zero-order chi connectivity index (χ0) is 22.1. The first-order valence-electron chi connectivity index (χ1n) is 7.59. The average molecular weight is 416 g/mol. The van der Waals surface area contributed by atoms with Gasteiger partial charge in [-0.15, -0.1) is 0 Å². The van der Waals surface area contributed by atoms with Crippen molar-refractivity contribution in [3.8, 4) is 0 Å². The van der Waals surface area contributed by atoms with Crippen LogP contribution in [0.1, 0.15) is 0 Å². The Hall–Kier alpha value is -3.96. The van der Waals surface area contributed by atoms with Crippen LogP contribution in [-0.2, 0) is 37.9 Å². The monoisotopic (exact) mass is 416 g/mol. The summed E-state index contributed by atoms with van der Waals surface area (Å²) < 4.78 is 36.9. The molecular formula is C17H20O12. The van der Waals surface area contributed by atoms with Crippen molar-refractivity contribution in [2.45, 2.75) is 0 Å². The van der Waals surface area contributed by atoms with Crippen molar-refractivity contribution in [2.75, 3.05) is 26.4 Å². The average Bonchev–Trinajstić information content (AvgIpc) is 2.68. The molecule has 0 fully saturated rings. The van der Waals surface area contributed by atoms with E-state index in [0.29, 0.717) is 0 Å². The van der Waals surface area contributed by atoms with Gasteiger partial charge in [-0.25, -0.2) is 19.2 Å². The van der Waals surface area contributed by atoms with Crippen molar-refractivity contribution in [3.05, 3.63) is 51.4 Å². The predicted octanol–water partition coefficient (Wildman–Crippen LogP) is 3.16. The second-order valence-electron chi connectivity index (χ2n) is 4.79. The van der Waals surface area contributed by atoms with Gasteiger partial charge in [-0.3, -0.25) is 0 Å². The van der Waals surface area contributed by atoms with Crippen molar-refractivity contribution in [3.63, 3.8) is 0 Å². The molecule has 0 saturated heterocycles. The highest BCUT2D eigenvalue weighted by Crippen LogP contribution is 2.22. The fourth-order valence-corrected chi connectivity index (χ4v) is 1.51. The predicted molar refractivity (Wildman–Crippen MR) is 93.0 cm³/mol. The van der Waals surface area contributed by atoms with Gasteiger partial charge in [0.25, 0.3) is 0 Å². The Bertz CT molecular complexity index is 514. The molecule has 12 nitrogen and oxygen atoms in total. The van der Waals surface area contributed by atoms with Crippen molar-refractivity contribution in [1.82, 2.24) is 0 Å². The second-order valence-corrected chi connectivity index (χ2v) is 4.79. The lowest BCUT2D eigenvalue weighted by Crippen LogP contribution is -2.44. The molecule has 0 aliphatic carbocycles. The van der Waals surface area contributed by atoms with E-state index in [1.165, 1.54) is 0 Å². The maximum atomic E-state index is 11.5. The highest BCUT2D eigenvalue weighted by Gasteiger charge is 2.39. The van der Waals surface area contributed by atoms with E-state index in [4.69, 9.17) is 18.9 Å². The van der Waals surface area contributed by atoms with Crippen LogP contribution in [0.25, 0.3) is 0 Å². The summed E-state index contributed by atoms with van der Waals surface area (Å²) in [5.41, 5.74) is -1.61. The summed E-state index contributed by atoms with van der Waals surface area (Å²) >= 11 is 0. The number of rotatable bonds is 12. The summed E-state index contributed by atoms with van der Waals surface area (Å²) in [5.74, 6) is 0. The summed E-state index contributed by atoms with van der Waals surface area (Å²) in [6.45, 7) is 10.3. The fraction of sp³-hybridized carbons (Fsp3) is 0.294. The molecule has 0 heterocycles. The van der Waals surface area contributed by atoms with Crippen molar-refractivity contribution < 1.29 is 57.1 Å². The molecule has 0 radical (unpaired) electrons. The van der Waals surface area contributed by atoms with Crippen molar-refractivity contribution in [2.24, 2.45) is 5.41 Å². The lowest BCUT2D eigenvalue weighted by Gasteiger charge is -2.30. The summed E-state index contributed by atoms with van der Waals surface area (Å²) in [4.78, 5) is 45.8. The number of hydrogen-bond acceptors (Lipinski definition) is 12. The van der Waals surface area contributed by atoms with Gasteiger partial charge in [-0.05, 0) is 0 Å². The fourth-order valence-electron chi connectivity index (χ4n) is 1.51. The number of carbonyl (C=O) groups excluding carboxylic acids is 4.